The third-order valence-corrected chi connectivity index (χ3v) is 5.02. The van der Waals surface area contributed by atoms with Crippen molar-refractivity contribution in [3.63, 3.8) is 0 Å². The van der Waals surface area contributed by atoms with E-state index in [9.17, 15) is 4.79 Å². The first-order chi connectivity index (χ1) is 12.9. The maximum absolute atomic E-state index is 12.0. The number of halogens is 1. The summed E-state index contributed by atoms with van der Waals surface area (Å²) >= 11 is 7.08. The van der Waals surface area contributed by atoms with Gasteiger partial charge in [0, 0.05) is 17.3 Å². The minimum atomic E-state index is -0.0929. The van der Waals surface area contributed by atoms with E-state index in [1.54, 1.807) is 4.68 Å². The van der Waals surface area contributed by atoms with Crippen LogP contribution in [0.1, 0.15) is 17.0 Å². The molecule has 1 aromatic carbocycles. The molecule has 3 rings (SSSR count). The molecule has 0 saturated heterocycles. The lowest BCUT2D eigenvalue weighted by atomic mass is 10.1. The molecule has 0 atom stereocenters. The van der Waals surface area contributed by atoms with E-state index >= 15 is 0 Å². The Bertz CT molecular complexity index is 935. The van der Waals surface area contributed by atoms with E-state index in [2.05, 4.69) is 20.6 Å². The molecule has 10 heteroatoms. The number of nitrogens with zero attached hydrogens (tertiary/aromatic N) is 5. The van der Waals surface area contributed by atoms with E-state index in [1.165, 1.54) is 16.4 Å². The SMILES string of the molecule is Cc1cc(C)n(-c2nnc(SCC(=O)NCCc3ccc(Cl)cc3)n2N)n1. The van der Waals surface area contributed by atoms with Crippen molar-refractivity contribution in [2.45, 2.75) is 25.4 Å². The number of hydrogen-bond acceptors (Lipinski definition) is 6. The van der Waals surface area contributed by atoms with E-state index in [0.29, 0.717) is 22.7 Å². The average molecular weight is 406 g/mol. The fourth-order valence-corrected chi connectivity index (χ4v) is 3.33. The summed E-state index contributed by atoms with van der Waals surface area (Å²) in [5.41, 5.74) is 2.89. The Hall–Kier alpha value is -2.52. The van der Waals surface area contributed by atoms with Crippen molar-refractivity contribution in [1.82, 2.24) is 30.0 Å². The van der Waals surface area contributed by atoms with E-state index in [0.717, 1.165) is 23.4 Å². The molecule has 0 bridgehead atoms. The molecule has 27 heavy (non-hydrogen) atoms. The zero-order valence-corrected chi connectivity index (χ0v) is 16.6. The lowest BCUT2D eigenvalue weighted by molar-refractivity contribution is -0.118. The molecule has 0 spiro atoms. The number of rotatable bonds is 7. The summed E-state index contributed by atoms with van der Waals surface area (Å²) in [5.74, 6) is 6.57. The molecular weight excluding hydrogens is 386 g/mol. The van der Waals surface area contributed by atoms with Gasteiger partial charge >= 0.3 is 0 Å². The predicted octanol–water partition coefficient (Wildman–Crippen LogP) is 1.90. The number of amides is 1. The molecule has 0 radical (unpaired) electrons. The number of carbonyl (C=O) groups is 1. The van der Waals surface area contributed by atoms with Crippen molar-refractivity contribution in [2.24, 2.45) is 0 Å². The summed E-state index contributed by atoms with van der Waals surface area (Å²) in [5, 5.41) is 16.5. The highest BCUT2D eigenvalue weighted by atomic mass is 35.5. The Morgan fingerprint density at radius 3 is 2.67 bits per heavy atom. The van der Waals surface area contributed by atoms with Crippen molar-refractivity contribution >= 4 is 29.3 Å². The highest BCUT2D eigenvalue weighted by molar-refractivity contribution is 7.99. The van der Waals surface area contributed by atoms with Gasteiger partial charge in [-0.2, -0.15) is 5.10 Å². The number of benzene rings is 1. The molecule has 0 aliphatic rings. The molecule has 8 nitrogen and oxygen atoms in total. The van der Waals surface area contributed by atoms with Gasteiger partial charge in [0.15, 0.2) is 0 Å². The molecule has 3 N–H and O–H groups in total. The number of nitrogens with one attached hydrogen (secondary N) is 1. The van der Waals surface area contributed by atoms with Gasteiger partial charge in [0.1, 0.15) is 0 Å². The highest BCUT2D eigenvalue weighted by Crippen LogP contribution is 2.17. The molecule has 2 aromatic heterocycles. The van der Waals surface area contributed by atoms with Crippen LogP contribution >= 0.6 is 23.4 Å². The molecule has 142 valence electrons. The Morgan fingerprint density at radius 2 is 2.00 bits per heavy atom. The summed E-state index contributed by atoms with van der Waals surface area (Å²) in [6, 6.07) is 9.49. The lowest BCUT2D eigenvalue weighted by Crippen LogP contribution is -2.27. The van der Waals surface area contributed by atoms with Crippen molar-refractivity contribution in [3.8, 4) is 5.95 Å². The summed E-state index contributed by atoms with van der Waals surface area (Å²) in [4.78, 5) is 12.0. The molecule has 2 heterocycles. The number of aromatic nitrogens is 5. The Morgan fingerprint density at radius 1 is 1.26 bits per heavy atom. The number of hydrogen-bond donors (Lipinski definition) is 2. The zero-order chi connectivity index (χ0) is 19.4. The number of carbonyl (C=O) groups excluding carboxylic acids is 1. The van der Waals surface area contributed by atoms with Crippen LogP contribution < -0.4 is 11.2 Å². The normalized spacial score (nSPS) is 10.9. The molecule has 0 aliphatic carbocycles. The van der Waals surface area contributed by atoms with Crippen LogP contribution in [0, 0.1) is 13.8 Å². The van der Waals surface area contributed by atoms with Gasteiger partial charge in [0.2, 0.25) is 11.1 Å². The van der Waals surface area contributed by atoms with Gasteiger partial charge in [-0.3, -0.25) is 4.79 Å². The molecule has 1 amide bonds. The van der Waals surface area contributed by atoms with E-state index < -0.39 is 0 Å². The van der Waals surface area contributed by atoms with Crippen LogP contribution in [-0.2, 0) is 11.2 Å². The average Bonchev–Trinajstić information content (AvgIpc) is 3.16. The smallest absolute Gasteiger partial charge is 0.271 e. The maximum Gasteiger partial charge on any atom is 0.271 e. The molecule has 0 fully saturated rings. The second-order valence-corrected chi connectivity index (χ2v) is 7.39. The van der Waals surface area contributed by atoms with Crippen LogP contribution in [0.4, 0.5) is 0 Å². The molecule has 0 unspecified atom stereocenters. The topological polar surface area (TPSA) is 104 Å². The fourth-order valence-electron chi connectivity index (χ4n) is 2.52. The minimum Gasteiger partial charge on any atom is -0.355 e. The van der Waals surface area contributed by atoms with Crippen LogP contribution in [0.2, 0.25) is 5.02 Å². The van der Waals surface area contributed by atoms with Crippen molar-refractivity contribution in [1.29, 1.82) is 0 Å². The van der Waals surface area contributed by atoms with Gasteiger partial charge in [-0.25, -0.2) is 9.36 Å². The second kappa shape index (κ2) is 8.45. The number of nitrogens with two attached hydrogens (primary N) is 1. The summed E-state index contributed by atoms with van der Waals surface area (Å²) in [6.45, 7) is 4.35. The van der Waals surface area contributed by atoms with E-state index in [-0.39, 0.29) is 11.7 Å². The molecule has 0 aliphatic heterocycles. The minimum absolute atomic E-state index is 0.0929. The Balaban J connectivity index is 1.50. The predicted molar refractivity (Wildman–Crippen MR) is 106 cm³/mol. The van der Waals surface area contributed by atoms with Gasteiger partial charge in [-0.05, 0) is 44.0 Å². The first-order valence-electron chi connectivity index (χ1n) is 8.32. The van der Waals surface area contributed by atoms with Gasteiger partial charge in [0.25, 0.3) is 5.95 Å². The first-order valence-corrected chi connectivity index (χ1v) is 9.68. The summed E-state index contributed by atoms with van der Waals surface area (Å²) in [7, 11) is 0. The third-order valence-electron chi connectivity index (χ3n) is 3.83. The quantitative estimate of drug-likeness (QED) is 0.459. The number of aryl methyl sites for hydroxylation is 2. The van der Waals surface area contributed by atoms with Crippen molar-refractivity contribution < 1.29 is 4.79 Å². The largest absolute Gasteiger partial charge is 0.355 e. The van der Waals surface area contributed by atoms with Crippen LogP contribution in [0.5, 0.6) is 0 Å². The maximum atomic E-state index is 12.0. The monoisotopic (exact) mass is 405 g/mol. The van der Waals surface area contributed by atoms with Gasteiger partial charge in [0.05, 0.1) is 11.4 Å². The number of nitrogen functional groups attached to an aromatic ring is 1. The molecule has 3 aromatic rings. The third kappa shape index (κ3) is 4.81. The highest BCUT2D eigenvalue weighted by Gasteiger charge is 2.15. The van der Waals surface area contributed by atoms with Gasteiger partial charge < -0.3 is 11.2 Å². The summed E-state index contributed by atoms with van der Waals surface area (Å²) < 4.78 is 2.96. The standard InChI is InChI=1S/C17H20ClN7OS/c1-11-9-12(2)25(23-11)16-21-22-17(24(16)19)27-10-15(26)20-8-7-13-3-5-14(18)6-4-13/h3-6,9H,7-8,10,19H2,1-2H3,(H,20,26). The first kappa shape index (κ1) is 19.2. The molecule has 0 saturated carbocycles. The Labute approximate surface area is 166 Å². The lowest BCUT2D eigenvalue weighted by Gasteiger charge is -2.06. The zero-order valence-electron chi connectivity index (χ0n) is 15.0. The van der Waals surface area contributed by atoms with Crippen molar-refractivity contribution in [3.05, 3.63) is 52.3 Å². The van der Waals surface area contributed by atoms with Crippen LogP contribution in [-0.4, -0.2) is 42.9 Å². The van der Waals surface area contributed by atoms with Crippen LogP contribution in [0.25, 0.3) is 5.95 Å². The second-order valence-electron chi connectivity index (χ2n) is 6.01. The van der Waals surface area contributed by atoms with Crippen LogP contribution in [0.3, 0.4) is 0 Å². The summed E-state index contributed by atoms with van der Waals surface area (Å²) in [6.07, 6.45) is 0.739. The Kier molecular flexibility index (Phi) is 6.02. The van der Waals surface area contributed by atoms with E-state index in [1.807, 2.05) is 44.2 Å². The van der Waals surface area contributed by atoms with Gasteiger partial charge in [-0.1, -0.05) is 35.5 Å². The van der Waals surface area contributed by atoms with Crippen LogP contribution in [0.15, 0.2) is 35.5 Å². The fraction of sp³-hybridized carbons (Fsp3) is 0.294. The van der Waals surface area contributed by atoms with Gasteiger partial charge in [-0.15, -0.1) is 10.2 Å². The number of thioether (sulfide) groups is 1. The van der Waals surface area contributed by atoms with E-state index in [4.69, 9.17) is 17.4 Å². The molecular formula is C17H20ClN7OS. The van der Waals surface area contributed by atoms with Crippen molar-refractivity contribution in [2.75, 3.05) is 18.1 Å².